The van der Waals surface area contributed by atoms with Crippen LogP contribution in [0.15, 0.2) is 29.8 Å². The van der Waals surface area contributed by atoms with Crippen molar-refractivity contribution in [1.82, 2.24) is 4.98 Å². The molecular formula is C15H14Cl2N2O3S2. The Hall–Kier alpha value is -1.28. The van der Waals surface area contributed by atoms with Gasteiger partial charge in [-0.05, 0) is 24.4 Å². The van der Waals surface area contributed by atoms with E-state index in [2.05, 4.69) is 10.3 Å². The first-order chi connectivity index (χ1) is 11.5. The largest absolute Gasteiger partial charge is 0.452 e. The van der Waals surface area contributed by atoms with Crippen LogP contribution >= 0.6 is 46.3 Å². The van der Waals surface area contributed by atoms with Gasteiger partial charge in [0.2, 0.25) is 0 Å². The molecule has 0 spiro atoms. The Morgan fingerprint density at radius 2 is 2.25 bits per heavy atom. The fourth-order valence-corrected chi connectivity index (χ4v) is 3.71. The molecule has 1 amide bonds. The predicted molar refractivity (Wildman–Crippen MR) is 98.9 cm³/mol. The third-order valence-corrected chi connectivity index (χ3v) is 5.28. The summed E-state index contributed by atoms with van der Waals surface area (Å²) in [6.07, 6.45) is 0.411. The average molecular weight is 405 g/mol. The summed E-state index contributed by atoms with van der Waals surface area (Å²) in [6.45, 7) is 1.49. The van der Waals surface area contributed by atoms with Gasteiger partial charge in [0, 0.05) is 16.8 Å². The van der Waals surface area contributed by atoms with Crippen LogP contribution in [0.4, 0.5) is 5.82 Å². The minimum absolute atomic E-state index is 0.168. The number of nitrogens with one attached hydrogen (secondary N) is 1. The van der Waals surface area contributed by atoms with Crippen LogP contribution in [0.5, 0.6) is 0 Å². The number of carbonyl (C=O) groups is 2. The lowest BCUT2D eigenvalue weighted by Crippen LogP contribution is -2.31. The van der Waals surface area contributed by atoms with E-state index in [1.54, 1.807) is 11.3 Å². The van der Waals surface area contributed by atoms with E-state index >= 15 is 0 Å². The van der Waals surface area contributed by atoms with Crippen LogP contribution in [0.25, 0.3) is 0 Å². The number of aromatic nitrogens is 1. The van der Waals surface area contributed by atoms with Gasteiger partial charge in [0.15, 0.2) is 11.9 Å². The molecule has 5 nitrogen and oxygen atoms in total. The Balaban J connectivity index is 1.76. The maximum Gasteiger partial charge on any atom is 0.316 e. The lowest BCUT2D eigenvalue weighted by molar-refractivity contribution is -0.150. The number of thioether (sulfide) groups is 1. The van der Waals surface area contributed by atoms with Crippen molar-refractivity contribution >= 4 is 64.0 Å². The van der Waals surface area contributed by atoms with Crippen LogP contribution in [-0.2, 0) is 20.1 Å². The number of anilines is 1. The summed E-state index contributed by atoms with van der Waals surface area (Å²) in [7, 11) is 0. The monoisotopic (exact) mass is 404 g/mol. The normalized spacial score (nSPS) is 11.8. The van der Waals surface area contributed by atoms with Crippen LogP contribution in [0, 0.1) is 0 Å². The topological polar surface area (TPSA) is 68.3 Å². The van der Waals surface area contributed by atoms with Gasteiger partial charge in [0.05, 0.1) is 15.8 Å². The molecule has 0 aromatic carbocycles. The maximum absolute atomic E-state index is 12.0. The first-order valence-corrected chi connectivity index (χ1v) is 9.66. The van der Waals surface area contributed by atoms with Crippen LogP contribution in [-0.4, -0.2) is 28.7 Å². The molecule has 2 rings (SSSR count). The number of nitrogens with zero attached hydrogens (tertiary/aromatic N) is 1. The maximum atomic E-state index is 12.0. The van der Waals surface area contributed by atoms with Crippen molar-refractivity contribution in [3.8, 4) is 0 Å². The lowest BCUT2D eigenvalue weighted by Gasteiger charge is -2.13. The molecule has 1 atom stereocenters. The highest BCUT2D eigenvalue weighted by molar-refractivity contribution is 7.99. The number of hydrogen-bond donors (Lipinski definition) is 1. The summed E-state index contributed by atoms with van der Waals surface area (Å²) < 4.78 is 5.10. The quantitative estimate of drug-likeness (QED) is 0.698. The second kappa shape index (κ2) is 9.27. The summed E-state index contributed by atoms with van der Waals surface area (Å²) in [4.78, 5) is 28.9. The number of pyridine rings is 1. The van der Waals surface area contributed by atoms with E-state index in [-0.39, 0.29) is 16.6 Å². The molecule has 0 aliphatic rings. The molecule has 128 valence electrons. The molecule has 2 heterocycles. The standard InChI is InChI=1S/C15H14Cl2N2O3S2/c1-9(15(21)19-14-12(17)5-10(16)6-18-14)22-13(20)8-23-7-11-3-2-4-24-11/h2-6,9H,7-8H2,1H3,(H,18,19,21)/t9-/m0/s1. The number of hydrogen-bond acceptors (Lipinski definition) is 6. The summed E-state index contributed by atoms with van der Waals surface area (Å²) in [5.74, 6) is 0.117. The molecule has 0 unspecified atom stereocenters. The van der Waals surface area contributed by atoms with Crippen molar-refractivity contribution in [2.75, 3.05) is 11.1 Å². The van der Waals surface area contributed by atoms with Gasteiger partial charge in [-0.2, -0.15) is 0 Å². The minimum atomic E-state index is -0.951. The lowest BCUT2D eigenvalue weighted by atomic mass is 10.3. The minimum Gasteiger partial charge on any atom is -0.452 e. The molecule has 0 saturated heterocycles. The van der Waals surface area contributed by atoms with Crippen molar-refractivity contribution in [1.29, 1.82) is 0 Å². The molecule has 0 bridgehead atoms. The smallest absolute Gasteiger partial charge is 0.316 e. The summed E-state index contributed by atoms with van der Waals surface area (Å²) in [5.41, 5.74) is 0. The van der Waals surface area contributed by atoms with Gasteiger partial charge in [-0.25, -0.2) is 4.98 Å². The molecule has 2 aromatic heterocycles. The number of carbonyl (C=O) groups excluding carboxylic acids is 2. The molecule has 0 saturated carbocycles. The van der Waals surface area contributed by atoms with Crippen LogP contribution < -0.4 is 5.32 Å². The van der Waals surface area contributed by atoms with Gasteiger partial charge in [-0.3, -0.25) is 9.59 Å². The molecule has 0 aliphatic heterocycles. The molecule has 2 aromatic rings. The number of halogens is 2. The Labute approximate surface area is 157 Å². The Morgan fingerprint density at radius 1 is 1.46 bits per heavy atom. The van der Waals surface area contributed by atoms with E-state index in [0.717, 1.165) is 5.75 Å². The summed E-state index contributed by atoms with van der Waals surface area (Å²) >= 11 is 14.7. The molecule has 9 heteroatoms. The molecule has 1 N–H and O–H groups in total. The number of thiophene rings is 1. The van der Waals surface area contributed by atoms with Crippen molar-refractivity contribution in [3.63, 3.8) is 0 Å². The first kappa shape index (κ1) is 19.1. The highest BCUT2D eigenvalue weighted by Gasteiger charge is 2.19. The van der Waals surface area contributed by atoms with Gasteiger partial charge >= 0.3 is 5.97 Å². The van der Waals surface area contributed by atoms with Crippen LogP contribution in [0.1, 0.15) is 11.8 Å². The predicted octanol–water partition coefficient (Wildman–Crippen LogP) is 4.25. The molecular weight excluding hydrogens is 391 g/mol. The molecule has 0 radical (unpaired) electrons. The summed E-state index contributed by atoms with van der Waals surface area (Å²) in [6, 6.07) is 5.42. The van der Waals surface area contributed by atoms with E-state index in [1.165, 1.54) is 35.8 Å². The summed E-state index contributed by atoms with van der Waals surface area (Å²) in [5, 5.41) is 5.05. The zero-order valence-corrected chi connectivity index (χ0v) is 15.8. The highest BCUT2D eigenvalue weighted by atomic mass is 35.5. The first-order valence-electron chi connectivity index (χ1n) is 6.87. The van der Waals surface area contributed by atoms with Crippen molar-refractivity contribution in [2.24, 2.45) is 0 Å². The van der Waals surface area contributed by atoms with E-state index in [1.807, 2.05) is 17.5 Å². The molecule has 0 fully saturated rings. The number of ether oxygens (including phenoxy) is 1. The molecule has 24 heavy (non-hydrogen) atoms. The zero-order chi connectivity index (χ0) is 17.5. The number of rotatable bonds is 7. The van der Waals surface area contributed by atoms with E-state index in [9.17, 15) is 9.59 Å². The SMILES string of the molecule is C[C@H](OC(=O)CSCc1cccs1)C(=O)Nc1ncc(Cl)cc1Cl. The van der Waals surface area contributed by atoms with E-state index < -0.39 is 18.0 Å². The molecule has 0 aliphatic carbocycles. The van der Waals surface area contributed by atoms with Gasteiger partial charge in [0.1, 0.15) is 0 Å². The van der Waals surface area contributed by atoms with Crippen molar-refractivity contribution in [2.45, 2.75) is 18.8 Å². The van der Waals surface area contributed by atoms with E-state index in [4.69, 9.17) is 27.9 Å². The van der Waals surface area contributed by atoms with Gasteiger partial charge < -0.3 is 10.1 Å². The second-order valence-electron chi connectivity index (χ2n) is 4.68. The van der Waals surface area contributed by atoms with E-state index in [0.29, 0.717) is 5.02 Å². The van der Waals surface area contributed by atoms with Gasteiger partial charge in [0.25, 0.3) is 5.91 Å². The fourth-order valence-electron chi connectivity index (χ4n) is 1.64. The Bertz CT molecular complexity index is 711. The van der Waals surface area contributed by atoms with Gasteiger partial charge in [-0.1, -0.05) is 29.3 Å². The Morgan fingerprint density at radius 3 is 2.92 bits per heavy atom. The average Bonchev–Trinajstić information content (AvgIpc) is 3.03. The van der Waals surface area contributed by atoms with Gasteiger partial charge in [-0.15, -0.1) is 23.1 Å². The van der Waals surface area contributed by atoms with Crippen LogP contribution in [0.3, 0.4) is 0 Å². The third kappa shape index (κ3) is 5.98. The zero-order valence-electron chi connectivity index (χ0n) is 12.6. The number of amides is 1. The second-order valence-corrected chi connectivity index (χ2v) is 7.54. The third-order valence-electron chi connectivity index (χ3n) is 2.77. The van der Waals surface area contributed by atoms with Crippen molar-refractivity contribution < 1.29 is 14.3 Å². The number of esters is 1. The Kier molecular flexibility index (Phi) is 7.36. The highest BCUT2D eigenvalue weighted by Crippen LogP contribution is 2.22. The van der Waals surface area contributed by atoms with Crippen LogP contribution in [0.2, 0.25) is 10.0 Å². The fraction of sp³-hybridized carbons (Fsp3) is 0.267. The van der Waals surface area contributed by atoms with Crippen molar-refractivity contribution in [3.05, 3.63) is 44.7 Å².